The number of nitrogens with two attached hydrogens (primary N) is 1. The van der Waals surface area contributed by atoms with E-state index in [1.165, 1.54) is 11.1 Å². The predicted octanol–water partition coefficient (Wildman–Crippen LogP) is 2.11. The third-order valence-corrected chi connectivity index (χ3v) is 6.12. The van der Waals surface area contributed by atoms with Crippen LogP contribution >= 0.6 is 24.0 Å². The maximum Gasteiger partial charge on any atom is 0.221 e. The number of amides is 1. The van der Waals surface area contributed by atoms with Gasteiger partial charge >= 0.3 is 0 Å². The monoisotopic (exact) mass is 573 g/mol. The van der Waals surface area contributed by atoms with E-state index >= 15 is 0 Å². The molecule has 8 nitrogen and oxygen atoms in total. The van der Waals surface area contributed by atoms with Crippen molar-refractivity contribution in [1.82, 2.24) is 15.5 Å². The maximum atomic E-state index is 11.5. The zero-order valence-corrected chi connectivity index (χ0v) is 22.1. The second kappa shape index (κ2) is 15.5. The van der Waals surface area contributed by atoms with Gasteiger partial charge in [-0.05, 0) is 43.4 Å². The lowest BCUT2D eigenvalue weighted by molar-refractivity contribution is -0.123. The molecule has 0 saturated carbocycles. The van der Waals surface area contributed by atoms with Crippen LogP contribution in [0.1, 0.15) is 36.8 Å². The first-order valence-electron chi connectivity index (χ1n) is 11.8. The van der Waals surface area contributed by atoms with Crippen molar-refractivity contribution < 1.29 is 14.3 Å². The summed E-state index contributed by atoms with van der Waals surface area (Å²) in [6, 6.07) is 8.56. The number of ether oxygens (including phenoxy) is 2. The molecular weight excluding hydrogens is 533 g/mol. The van der Waals surface area contributed by atoms with E-state index in [4.69, 9.17) is 15.2 Å². The molecule has 9 heteroatoms. The Morgan fingerprint density at radius 3 is 2.91 bits per heavy atom. The lowest BCUT2D eigenvalue weighted by atomic mass is 9.97. The van der Waals surface area contributed by atoms with Crippen molar-refractivity contribution >= 4 is 35.8 Å². The molecular formula is C24H40IN5O3. The van der Waals surface area contributed by atoms with Gasteiger partial charge in [-0.2, -0.15) is 0 Å². The van der Waals surface area contributed by atoms with Crippen molar-refractivity contribution in [2.75, 3.05) is 53.1 Å². The van der Waals surface area contributed by atoms with Crippen molar-refractivity contribution in [2.45, 2.75) is 38.8 Å². The van der Waals surface area contributed by atoms with Crippen molar-refractivity contribution in [3.63, 3.8) is 0 Å². The molecule has 4 N–H and O–H groups in total. The summed E-state index contributed by atoms with van der Waals surface area (Å²) in [5.74, 6) is 1.15. The molecule has 0 bridgehead atoms. The highest BCUT2D eigenvalue weighted by atomic mass is 127. The zero-order chi connectivity index (χ0) is 22.6. The Morgan fingerprint density at radius 2 is 2.15 bits per heavy atom. The number of hydrogen-bond acceptors (Lipinski definition) is 5. The average molecular weight is 574 g/mol. The number of rotatable bonds is 11. The van der Waals surface area contributed by atoms with Crippen LogP contribution in [0.25, 0.3) is 0 Å². The molecule has 1 aromatic carbocycles. The Bertz CT molecular complexity index is 743. The fourth-order valence-corrected chi connectivity index (χ4v) is 4.28. The summed E-state index contributed by atoms with van der Waals surface area (Å²) in [4.78, 5) is 18.2. The topological polar surface area (TPSA) is 101 Å². The van der Waals surface area contributed by atoms with Gasteiger partial charge in [-0.3, -0.25) is 14.7 Å². The van der Waals surface area contributed by atoms with Crippen LogP contribution in [0.15, 0.2) is 29.3 Å². The highest BCUT2D eigenvalue weighted by Crippen LogP contribution is 2.19. The molecule has 1 aromatic rings. The first kappa shape index (κ1) is 27.8. The molecule has 2 saturated heterocycles. The minimum absolute atomic E-state index is 0. The Labute approximate surface area is 215 Å². The number of primary amides is 1. The summed E-state index contributed by atoms with van der Waals surface area (Å²) in [7, 11) is 1.79. The van der Waals surface area contributed by atoms with Crippen molar-refractivity contribution in [2.24, 2.45) is 22.6 Å². The van der Waals surface area contributed by atoms with E-state index in [2.05, 4.69) is 44.8 Å². The van der Waals surface area contributed by atoms with E-state index in [0.717, 1.165) is 84.2 Å². The molecule has 0 spiro atoms. The Morgan fingerprint density at radius 1 is 1.30 bits per heavy atom. The Balaban J connectivity index is 0.00000385. The molecule has 33 heavy (non-hydrogen) atoms. The van der Waals surface area contributed by atoms with E-state index in [1.807, 2.05) is 0 Å². The van der Waals surface area contributed by atoms with Gasteiger partial charge in [0.15, 0.2) is 5.96 Å². The highest BCUT2D eigenvalue weighted by molar-refractivity contribution is 14.0. The van der Waals surface area contributed by atoms with Crippen LogP contribution in [-0.2, 0) is 27.4 Å². The van der Waals surface area contributed by atoms with E-state index in [-0.39, 0.29) is 35.8 Å². The SMILES string of the molecule is CN=C(NCCCOCC1CCOC1)NCc1cccc(CN2CCCC(C(N)=O)C2)c1.I. The Hall–Kier alpha value is -1.43. The van der Waals surface area contributed by atoms with E-state index in [0.29, 0.717) is 12.5 Å². The number of nitrogens with one attached hydrogen (secondary N) is 2. The van der Waals surface area contributed by atoms with Gasteiger partial charge in [0.25, 0.3) is 0 Å². The van der Waals surface area contributed by atoms with Crippen LogP contribution in [-0.4, -0.2) is 69.9 Å². The number of piperidine rings is 1. The largest absolute Gasteiger partial charge is 0.381 e. The van der Waals surface area contributed by atoms with Gasteiger partial charge in [-0.15, -0.1) is 24.0 Å². The lowest BCUT2D eigenvalue weighted by Crippen LogP contribution is -2.40. The summed E-state index contributed by atoms with van der Waals surface area (Å²) in [5.41, 5.74) is 7.97. The van der Waals surface area contributed by atoms with E-state index < -0.39 is 0 Å². The fourth-order valence-electron chi connectivity index (χ4n) is 4.28. The van der Waals surface area contributed by atoms with Crippen LogP contribution in [0, 0.1) is 11.8 Å². The van der Waals surface area contributed by atoms with Crippen LogP contribution in [0.2, 0.25) is 0 Å². The van der Waals surface area contributed by atoms with Crippen LogP contribution in [0.3, 0.4) is 0 Å². The number of halogens is 1. The van der Waals surface area contributed by atoms with Crippen LogP contribution in [0.4, 0.5) is 0 Å². The summed E-state index contributed by atoms with van der Waals surface area (Å²) < 4.78 is 11.1. The molecule has 0 aliphatic carbocycles. The van der Waals surface area contributed by atoms with Gasteiger partial charge in [0.1, 0.15) is 0 Å². The summed E-state index contributed by atoms with van der Waals surface area (Å²) in [5, 5.41) is 6.73. The maximum absolute atomic E-state index is 11.5. The average Bonchev–Trinajstić information content (AvgIpc) is 3.32. The first-order chi connectivity index (χ1) is 15.6. The summed E-state index contributed by atoms with van der Waals surface area (Å²) >= 11 is 0. The molecule has 3 rings (SSSR count). The van der Waals surface area contributed by atoms with Crippen molar-refractivity contribution in [1.29, 1.82) is 0 Å². The normalized spacial score (nSPS) is 21.4. The lowest BCUT2D eigenvalue weighted by Gasteiger charge is -2.31. The van der Waals surface area contributed by atoms with E-state index in [9.17, 15) is 4.79 Å². The first-order valence-corrected chi connectivity index (χ1v) is 11.8. The molecule has 2 fully saturated rings. The van der Waals surface area contributed by atoms with Gasteiger partial charge in [0, 0.05) is 52.4 Å². The number of likely N-dealkylation sites (tertiary alicyclic amines) is 1. The number of nitrogens with zero attached hydrogens (tertiary/aromatic N) is 2. The third kappa shape index (κ3) is 10.2. The van der Waals surface area contributed by atoms with Gasteiger partial charge in [0.05, 0.1) is 19.1 Å². The molecule has 0 radical (unpaired) electrons. The zero-order valence-electron chi connectivity index (χ0n) is 19.8. The Kier molecular flexibility index (Phi) is 13.0. The minimum Gasteiger partial charge on any atom is -0.381 e. The highest BCUT2D eigenvalue weighted by Gasteiger charge is 2.23. The van der Waals surface area contributed by atoms with Gasteiger partial charge in [-0.1, -0.05) is 24.3 Å². The number of carbonyl (C=O) groups excluding carboxylic acids is 1. The molecule has 2 unspecified atom stereocenters. The predicted molar refractivity (Wildman–Crippen MR) is 142 cm³/mol. The molecule has 186 valence electrons. The summed E-state index contributed by atoms with van der Waals surface area (Å²) in [6.45, 7) is 7.38. The molecule has 2 atom stereocenters. The number of benzene rings is 1. The number of hydrogen-bond donors (Lipinski definition) is 3. The van der Waals surface area contributed by atoms with Gasteiger partial charge < -0.3 is 25.8 Å². The van der Waals surface area contributed by atoms with E-state index in [1.54, 1.807) is 7.05 Å². The second-order valence-corrected chi connectivity index (χ2v) is 8.81. The van der Waals surface area contributed by atoms with Crippen LogP contribution < -0.4 is 16.4 Å². The molecule has 1 amide bonds. The molecule has 0 aromatic heterocycles. The minimum atomic E-state index is -0.179. The molecule has 2 aliphatic heterocycles. The third-order valence-electron chi connectivity index (χ3n) is 6.12. The van der Waals surface area contributed by atoms with Gasteiger partial charge in [0.2, 0.25) is 5.91 Å². The number of carbonyl (C=O) groups is 1. The number of guanidine groups is 1. The quantitative estimate of drug-likeness (QED) is 0.162. The second-order valence-electron chi connectivity index (χ2n) is 8.81. The molecule has 2 aliphatic rings. The molecule has 2 heterocycles. The van der Waals surface area contributed by atoms with Crippen molar-refractivity contribution in [3.05, 3.63) is 35.4 Å². The standard InChI is InChI=1S/C24H39N5O3.HI/c1-26-24(27-9-4-11-31-17-21-8-12-32-18-21)28-14-19-5-2-6-20(13-19)15-29-10-3-7-22(16-29)23(25)30;/h2,5-6,13,21-22H,3-4,7-12,14-18H2,1H3,(H2,25,30)(H2,26,27,28);1H. The summed E-state index contributed by atoms with van der Waals surface area (Å²) in [6.07, 6.45) is 3.98. The number of aliphatic imine (C=N–C) groups is 1. The van der Waals surface area contributed by atoms with Gasteiger partial charge in [-0.25, -0.2) is 0 Å². The smallest absolute Gasteiger partial charge is 0.221 e. The fraction of sp³-hybridized carbons (Fsp3) is 0.667. The van der Waals surface area contributed by atoms with Crippen LogP contribution in [0.5, 0.6) is 0 Å². The van der Waals surface area contributed by atoms with Crippen molar-refractivity contribution in [3.8, 4) is 0 Å².